The molecule has 2 saturated carbocycles. The van der Waals surface area contributed by atoms with E-state index in [0.717, 1.165) is 47.9 Å². The molecule has 2 fully saturated rings. The third-order valence-corrected chi connectivity index (χ3v) is 7.93. The molecule has 0 spiro atoms. The number of Topliss-reactive ketones (excluding diaryl/α,β-unsaturated/α-hetero) is 1. The zero-order chi connectivity index (χ0) is 23.7. The summed E-state index contributed by atoms with van der Waals surface area (Å²) in [7, 11) is 3.21. The van der Waals surface area contributed by atoms with Gasteiger partial charge in [-0.05, 0) is 61.3 Å². The van der Waals surface area contributed by atoms with E-state index in [1.165, 1.54) is 19.3 Å². The van der Waals surface area contributed by atoms with Crippen LogP contribution in [-0.2, 0) is 11.2 Å². The van der Waals surface area contributed by atoms with Crippen molar-refractivity contribution in [3.63, 3.8) is 0 Å². The Hall–Kier alpha value is -2.57. The molecule has 1 unspecified atom stereocenters. The second kappa shape index (κ2) is 9.59. The van der Waals surface area contributed by atoms with Crippen LogP contribution < -0.4 is 14.2 Å². The highest BCUT2D eigenvalue weighted by atomic mass is 16.6. The topological polar surface area (TPSA) is 74.2 Å². The van der Waals surface area contributed by atoms with E-state index in [1.54, 1.807) is 14.2 Å². The number of carbonyl (C=O) groups is 1. The standard InChI is InChI=1S/C28H34O6/c1-31-24-12-10-22(20-7-9-21-19(15-20)8-11-23(21)29)25(26(24)32-2)34-17-28(13-4-14-28)27(30)33-16-18-5-3-6-18/h7,9-10,12,15,18,27,30H,3-6,8,11,13-14,16-17H2,1-2H3. The van der Waals surface area contributed by atoms with Crippen molar-refractivity contribution in [2.75, 3.05) is 27.4 Å². The highest BCUT2D eigenvalue weighted by molar-refractivity contribution is 6.01. The van der Waals surface area contributed by atoms with Gasteiger partial charge in [0.05, 0.1) is 32.8 Å². The fourth-order valence-electron chi connectivity index (χ4n) is 5.27. The number of aliphatic hydroxyl groups excluding tert-OH is 1. The predicted octanol–water partition coefficient (Wildman–Crippen LogP) is 5.18. The highest BCUT2D eigenvalue weighted by Gasteiger charge is 2.46. The molecule has 3 aliphatic carbocycles. The van der Waals surface area contributed by atoms with Gasteiger partial charge in [-0.3, -0.25) is 4.79 Å². The van der Waals surface area contributed by atoms with Crippen molar-refractivity contribution in [3.8, 4) is 28.4 Å². The number of hydrogen-bond donors (Lipinski definition) is 1. The Morgan fingerprint density at radius 2 is 1.79 bits per heavy atom. The molecule has 0 bridgehead atoms. The molecular weight excluding hydrogens is 432 g/mol. The average molecular weight is 467 g/mol. The van der Waals surface area contributed by atoms with Crippen LogP contribution in [0.4, 0.5) is 0 Å². The Morgan fingerprint density at radius 1 is 1.00 bits per heavy atom. The minimum Gasteiger partial charge on any atom is -0.493 e. The molecule has 0 amide bonds. The van der Waals surface area contributed by atoms with E-state index < -0.39 is 11.7 Å². The third kappa shape index (κ3) is 4.18. The van der Waals surface area contributed by atoms with E-state index >= 15 is 0 Å². The van der Waals surface area contributed by atoms with Crippen molar-refractivity contribution in [1.82, 2.24) is 0 Å². The van der Waals surface area contributed by atoms with Crippen LogP contribution in [-0.4, -0.2) is 44.6 Å². The normalized spacial score (nSPS) is 19.7. The minimum atomic E-state index is -0.840. The van der Waals surface area contributed by atoms with Gasteiger partial charge >= 0.3 is 0 Å². The van der Waals surface area contributed by atoms with Crippen LogP contribution in [0.3, 0.4) is 0 Å². The maximum atomic E-state index is 12.1. The smallest absolute Gasteiger partial charge is 0.203 e. The lowest BCUT2D eigenvalue weighted by Crippen LogP contribution is -2.48. The van der Waals surface area contributed by atoms with Crippen molar-refractivity contribution in [1.29, 1.82) is 0 Å². The minimum absolute atomic E-state index is 0.202. The molecule has 6 heteroatoms. The molecule has 2 aromatic carbocycles. The molecule has 0 aromatic heterocycles. The van der Waals surface area contributed by atoms with E-state index in [4.69, 9.17) is 18.9 Å². The zero-order valence-corrected chi connectivity index (χ0v) is 20.1. The second-order valence-electron chi connectivity index (χ2n) is 9.96. The lowest BCUT2D eigenvalue weighted by atomic mass is 9.68. The molecule has 0 heterocycles. The molecule has 182 valence electrons. The first kappa shape index (κ1) is 23.2. The number of fused-ring (bicyclic) bond motifs is 1. The van der Waals surface area contributed by atoms with Crippen molar-refractivity contribution in [3.05, 3.63) is 41.5 Å². The van der Waals surface area contributed by atoms with E-state index in [0.29, 0.717) is 42.8 Å². The summed E-state index contributed by atoms with van der Waals surface area (Å²) < 4.78 is 23.6. The Kier molecular flexibility index (Phi) is 6.54. The van der Waals surface area contributed by atoms with E-state index in [2.05, 4.69) is 6.07 Å². The summed E-state index contributed by atoms with van der Waals surface area (Å²) in [5.41, 5.74) is 3.30. The van der Waals surface area contributed by atoms with Crippen LogP contribution in [0, 0.1) is 11.3 Å². The number of aryl methyl sites for hydroxylation is 1. The summed E-state index contributed by atoms with van der Waals surface area (Å²) in [6.45, 7) is 0.948. The van der Waals surface area contributed by atoms with Gasteiger partial charge in [-0.1, -0.05) is 31.0 Å². The summed E-state index contributed by atoms with van der Waals surface area (Å²) in [6.07, 6.45) is 6.90. The van der Waals surface area contributed by atoms with Gasteiger partial charge in [-0.25, -0.2) is 0 Å². The number of ether oxygens (including phenoxy) is 4. The Bertz CT molecular complexity index is 1050. The lowest BCUT2D eigenvalue weighted by molar-refractivity contribution is -0.218. The predicted molar refractivity (Wildman–Crippen MR) is 129 cm³/mol. The van der Waals surface area contributed by atoms with Crippen LogP contribution in [0.1, 0.15) is 60.9 Å². The van der Waals surface area contributed by atoms with Crippen molar-refractivity contribution < 1.29 is 28.8 Å². The molecule has 3 aliphatic rings. The number of carbonyl (C=O) groups excluding carboxylic acids is 1. The van der Waals surface area contributed by atoms with Gasteiger partial charge in [0.15, 0.2) is 23.6 Å². The summed E-state index contributed by atoms with van der Waals surface area (Å²) in [5.74, 6) is 2.47. The van der Waals surface area contributed by atoms with Crippen LogP contribution >= 0.6 is 0 Å². The maximum absolute atomic E-state index is 12.1. The maximum Gasteiger partial charge on any atom is 0.203 e. The van der Waals surface area contributed by atoms with Gasteiger partial charge in [0.2, 0.25) is 5.75 Å². The second-order valence-corrected chi connectivity index (χ2v) is 9.96. The van der Waals surface area contributed by atoms with Crippen LogP contribution in [0.2, 0.25) is 0 Å². The quantitative estimate of drug-likeness (QED) is 0.486. The molecule has 2 aromatic rings. The van der Waals surface area contributed by atoms with Crippen molar-refractivity contribution >= 4 is 5.78 Å². The molecular formula is C28H34O6. The van der Waals surface area contributed by atoms with Crippen molar-refractivity contribution in [2.24, 2.45) is 11.3 Å². The van der Waals surface area contributed by atoms with Crippen LogP contribution in [0.5, 0.6) is 17.2 Å². The van der Waals surface area contributed by atoms with Gasteiger partial charge in [-0.15, -0.1) is 0 Å². The Labute approximate surface area is 201 Å². The molecule has 5 rings (SSSR count). The largest absolute Gasteiger partial charge is 0.493 e. The number of methoxy groups -OCH3 is 2. The summed E-state index contributed by atoms with van der Waals surface area (Å²) in [6, 6.07) is 9.78. The average Bonchev–Trinajstić information content (AvgIpc) is 3.16. The van der Waals surface area contributed by atoms with Gasteiger partial charge in [-0.2, -0.15) is 0 Å². The summed E-state index contributed by atoms with van der Waals surface area (Å²) >= 11 is 0. The van der Waals surface area contributed by atoms with Gasteiger partial charge < -0.3 is 24.1 Å². The molecule has 0 radical (unpaired) electrons. The van der Waals surface area contributed by atoms with Crippen molar-refractivity contribution in [2.45, 2.75) is 57.7 Å². The van der Waals surface area contributed by atoms with E-state index in [1.807, 2.05) is 24.3 Å². The summed E-state index contributed by atoms with van der Waals surface area (Å²) in [5, 5.41) is 10.9. The molecule has 0 saturated heterocycles. The number of ketones is 1. The highest BCUT2D eigenvalue weighted by Crippen LogP contribution is 2.49. The Balaban J connectivity index is 1.42. The van der Waals surface area contributed by atoms with Crippen LogP contribution in [0.25, 0.3) is 11.1 Å². The van der Waals surface area contributed by atoms with E-state index in [-0.39, 0.29) is 5.78 Å². The number of benzene rings is 2. The summed E-state index contributed by atoms with van der Waals surface area (Å²) in [4.78, 5) is 12.1. The first-order valence-electron chi connectivity index (χ1n) is 12.4. The third-order valence-electron chi connectivity index (χ3n) is 7.93. The molecule has 6 nitrogen and oxygen atoms in total. The Morgan fingerprint density at radius 3 is 2.44 bits per heavy atom. The number of hydrogen-bond acceptors (Lipinski definition) is 6. The fourth-order valence-corrected chi connectivity index (χ4v) is 5.27. The molecule has 34 heavy (non-hydrogen) atoms. The first-order chi connectivity index (χ1) is 16.5. The monoisotopic (exact) mass is 466 g/mol. The van der Waals surface area contributed by atoms with E-state index in [9.17, 15) is 9.90 Å². The number of aliphatic hydroxyl groups is 1. The molecule has 1 atom stereocenters. The van der Waals surface area contributed by atoms with Gasteiger partial charge in [0, 0.05) is 17.5 Å². The molecule has 1 N–H and O–H groups in total. The van der Waals surface area contributed by atoms with Gasteiger partial charge in [0.25, 0.3) is 0 Å². The zero-order valence-electron chi connectivity index (χ0n) is 20.1. The van der Waals surface area contributed by atoms with Crippen LogP contribution in [0.15, 0.2) is 30.3 Å². The SMILES string of the molecule is COc1ccc(-c2ccc3c(c2)CCC3=O)c(OCC2(C(O)OCC3CCC3)CCC2)c1OC. The first-order valence-corrected chi connectivity index (χ1v) is 12.4. The lowest BCUT2D eigenvalue weighted by Gasteiger charge is -2.45. The van der Waals surface area contributed by atoms with Gasteiger partial charge in [0.1, 0.15) is 0 Å². The fraction of sp³-hybridized carbons (Fsp3) is 0.536. The molecule has 0 aliphatic heterocycles. The number of rotatable bonds is 10.